The van der Waals surface area contributed by atoms with Crippen molar-refractivity contribution in [1.29, 1.82) is 0 Å². The fraction of sp³-hybridized carbons (Fsp3) is 0. The van der Waals surface area contributed by atoms with Crippen molar-refractivity contribution in [2.24, 2.45) is 0 Å². The van der Waals surface area contributed by atoms with Crippen molar-refractivity contribution >= 4 is 27.1 Å². The number of rotatable bonds is 4. The Hall–Kier alpha value is -2.68. The van der Waals surface area contributed by atoms with Crippen LogP contribution in [0.4, 0.5) is 17.1 Å². The van der Waals surface area contributed by atoms with Crippen LogP contribution in [0.1, 0.15) is 0 Å². The van der Waals surface area contributed by atoms with Crippen LogP contribution in [-0.2, 0) is 10.0 Å². The maximum absolute atomic E-state index is 12.2. The van der Waals surface area contributed by atoms with Crippen LogP contribution < -0.4 is 10.5 Å². The van der Waals surface area contributed by atoms with Crippen molar-refractivity contribution in [1.82, 2.24) is 4.98 Å². The van der Waals surface area contributed by atoms with Gasteiger partial charge in [0.05, 0.1) is 16.8 Å². The first-order valence-corrected chi connectivity index (χ1v) is 6.86. The van der Waals surface area contributed by atoms with Gasteiger partial charge in [0.2, 0.25) is 0 Å². The minimum absolute atomic E-state index is 0.198. The third-order valence-corrected chi connectivity index (χ3v) is 3.83. The smallest absolute Gasteiger partial charge is 0.312 e. The Kier molecular flexibility index (Phi) is 3.53. The van der Waals surface area contributed by atoms with E-state index in [0.717, 1.165) is 6.07 Å². The Balaban J connectivity index is 2.50. The Labute approximate surface area is 114 Å². The van der Waals surface area contributed by atoms with Gasteiger partial charge in [0, 0.05) is 6.20 Å². The van der Waals surface area contributed by atoms with E-state index in [1.165, 1.54) is 36.7 Å². The number of anilines is 2. The quantitative estimate of drug-likeness (QED) is 0.498. The van der Waals surface area contributed by atoms with Crippen LogP contribution >= 0.6 is 0 Å². The normalized spacial score (nSPS) is 11.0. The van der Waals surface area contributed by atoms with Crippen molar-refractivity contribution in [3.05, 3.63) is 52.8 Å². The van der Waals surface area contributed by atoms with E-state index in [4.69, 9.17) is 5.73 Å². The monoisotopic (exact) mass is 294 g/mol. The molecule has 9 heteroatoms. The van der Waals surface area contributed by atoms with Crippen LogP contribution in [0, 0.1) is 10.1 Å². The highest BCUT2D eigenvalue weighted by atomic mass is 32.2. The number of para-hydroxylation sites is 1. The van der Waals surface area contributed by atoms with Gasteiger partial charge in [-0.2, -0.15) is 0 Å². The maximum atomic E-state index is 12.2. The molecule has 1 aromatic carbocycles. The molecule has 0 radical (unpaired) electrons. The molecule has 20 heavy (non-hydrogen) atoms. The van der Waals surface area contributed by atoms with Crippen LogP contribution in [0.5, 0.6) is 0 Å². The number of sulfonamides is 1. The second kappa shape index (κ2) is 5.13. The fourth-order valence-corrected chi connectivity index (χ4v) is 2.83. The van der Waals surface area contributed by atoms with Crippen molar-refractivity contribution in [2.75, 3.05) is 10.5 Å². The van der Waals surface area contributed by atoms with Gasteiger partial charge in [0.15, 0.2) is 4.90 Å². The van der Waals surface area contributed by atoms with Gasteiger partial charge >= 0.3 is 5.69 Å². The lowest BCUT2D eigenvalue weighted by Gasteiger charge is -2.08. The average Bonchev–Trinajstić information content (AvgIpc) is 2.38. The Bertz CT molecular complexity index is 746. The van der Waals surface area contributed by atoms with Gasteiger partial charge in [-0.1, -0.05) is 6.07 Å². The Morgan fingerprint density at radius 3 is 2.60 bits per heavy atom. The van der Waals surface area contributed by atoms with E-state index in [1.807, 2.05) is 0 Å². The molecular weight excluding hydrogens is 284 g/mol. The molecule has 0 bridgehead atoms. The number of benzene rings is 1. The highest BCUT2D eigenvalue weighted by Gasteiger charge is 2.28. The first-order chi connectivity index (χ1) is 9.42. The van der Waals surface area contributed by atoms with Crippen LogP contribution in [0.25, 0.3) is 0 Å². The first kappa shape index (κ1) is 13.7. The number of nitrogens with zero attached hydrogens (tertiary/aromatic N) is 2. The van der Waals surface area contributed by atoms with E-state index in [0.29, 0.717) is 0 Å². The maximum Gasteiger partial charge on any atom is 0.312 e. The van der Waals surface area contributed by atoms with Crippen molar-refractivity contribution in [3.63, 3.8) is 0 Å². The molecule has 104 valence electrons. The van der Waals surface area contributed by atoms with Gasteiger partial charge in [-0.05, 0) is 24.3 Å². The first-order valence-electron chi connectivity index (χ1n) is 5.37. The SMILES string of the molecule is Nc1cccc(S(=O)(=O)Nc2cccnc2)c1[N+](=O)[O-]. The fourth-order valence-electron chi connectivity index (χ4n) is 1.58. The van der Waals surface area contributed by atoms with Crippen molar-refractivity contribution < 1.29 is 13.3 Å². The summed E-state index contributed by atoms with van der Waals surface area (Å²) in [5, 5.41) is 11.0. The van der Waals surface area contributed by atoms with E-state index in [1.54, 1.807) is 0 Å². The predicted molar refractivity (Wildman–Crippen MR) is 72.6 cm³/mol. The summed E-state index contributed by atoms with van der Waals surface area (Å²) in [6, 6.07) is 6.73. The Morgan fingerprint density at radius 2 is 2.00 bits per heavy atom. The van der Waals surface area contributed by atoms with Gasteiger partial charge in [-0.3, -0.25) is 19.8 Å². The van der Waals surface area contributed by atoms with E-state index in [9.17, 15) is 18.5 Å². The molecule has 0 saturated carbocycles. The standard InChI is InChI=1S/C11H10N4O4S/c12-9-4-1-5-10(11(9)15(16)17)20(18,19)14-8-3-2-6-13-7-8/h1-7,14H,12H2. The second-order valence-electron chi connectivity index (χ2n) is 3.80. The molecule has 0 unspecified atom stereocenters. The van der Waals surface area contributed by atoms with Gasteiger partial charge < -0.3 is 5.73 Å². The summed E-state index contributed by atoms with van der Waals surface area (Å²) in [6.45, 7) is 0. The highest BCUT2D eigenvalue weighted by molar-refractivity contribution is 7.92. The van der Waals surface area contributed by atoms with Crippen LogP contribution in [0.3, 0.4) is 0 Å². The molecule has 8 nitrogen and oxygen atoms in total. The molecule has 0 amide bonds. The molecule has 0 atom stereocenters. The topological polar surface area (TPSA) is 128 Å². The largest absolute Gasteiger partial charge is 0.393 e. The number of nitrogen functional groups attached to an aromatic ring is 1. The highest BCUT2D eigenvalue weighted by Crippen LogP contribution is 2.30. The zero-order valence-corrected chi connectivity index (χ0v) is 10.9. The minimum atomic E-state index is -4.12. The number of hydrogen-bond donors (Lipinski definition) is 2. The number of nitro benzene ring substituents is 1. The van der Waals surface area contributed by atoms with Gasteiger partial charge in [-0.25, -0.2) is 8.42 Å². The molecule has 0 aliphatic heterocycles. The summed E-state index contributed by atoms with van der Waals surface area (Å²) in [5.74, 6) is 0. The third kappa shape index (κ3) is 2.67. The molecule has 2 rings (SSSR count). The summed E-state index contributed by atoms with van der Waals surface area (Å²) >= 11 is 0. The van der Waals surface area contributed by atoms with Gasteiger partial charge in [0.25, 0.3) is 10.0 Å². The molecule has 0 aliphatic carbocycles. The summed E-state index contributed by atoms with van der Waals surface area (Å²) in [6.07, 6.45) is 2.76. The second-order valence-corrected chi connectivity index (χ2v) is 5.45. The average molecular weight is 294 g/mol. The zero-order chi connectivity index (χ0) is 14.8. The summed E-state index contributed by atoms with van der Waals surface area (Å²) in [7, 11) is -4.12. The number of nitro groups is 1. The van der Waals surface area contributed by atoms with Crippen molar-refractivity contribution in [3.8, 4) is 0 Å². The lowest BCUT2D eigenvalue weighted by atomic mass is 10.3. The molecule has 1 heterocycles. The van der Waals surface area contributed by atoms with Crippen LogP contribution in [0.15, 0.2) is 47.6 Å². The molecule has 0 spiro atoms. The number of nitrogens with one attached hydrogen (secondary N) is 1. The van der Waals surface area contributed by atoms with Crippen LogP contribution in [0.2, 0.25) is 0 Å². The zero-order valence-electron chi connectivity index (χ0n) is 10.1. The summed E-state index contributed by atoms with van der Waals surface area (Å²) < 4.78 is 26.6. The minimum Gasteiger partial charge on any atom is -0.393 e. The summed E-state index contributed by atoms with van der Waals surface area (Å²) in [5.41, 5.74) is 4.80. The number of hydrogen-bond acceptors (Lipinski definition) is 6. The molecule has 2 aromatic rings. The predicted octanol–water partition coefficient (Wildman–Crippen LogP) is 1.37. The lowest BCUT2D eigenvalue weighted by molar-refractivity contribution is -0.386. The molecule has 3 N–H and O–H groups in total. The van der Waals surface area contributed by atoms with Gasteiger partial charge in [-0.15, -0.1) is 0 Å². The molecule has 0 fully saturated rings. The number of pyridine rings is 1. The summed E-state index contributed by atoms with van der Waals surface area (Å²) in [4.78, 5) is 13.4. The lowest BCUT2D eigenvalue weighted by Crippen LogP contribution is -2.15. The van der Waals surface area contributed by atoms with E-state index in [2.05, 4.69) is 9.71 Å². The molecule has 0 saturated heterocycles. The molecular formula is C11H10N4O4S. The van der Waals surface area contributed by atoms with E-state index in [-0.39, 0.29) is 11.4 Å². The van der Waals surface area contributed by atoms with E-state index < -0.39 is 25.5 Å². The van der Waals surface area contributed by atoms with E-state index >= 15 is 0 Å². The number of nitrogens with two attached hydrogens (primary N) is 1. The third-order valence-electron chi connectivity index (χ3n) is 2.42. The molecule has 1 aromatic heterocycles. The Morgan fingerprint density at radius 1 is 1.25 bits per heavy atom. The van der Waals surface area contributed by atoms with Crippen molar-refractivity contribution in [2.45, 2.75) is 4.90 Å². The van der Waals surface area contributed by atoms with Gasteiger partial charge in [0.1, 0.15) is 5.69 Å². The molecule has 0 aliphatic rings. The number of aromatic nitrogens is 1. The van der Waals surface area contributed by atoms with Crippen LogP contribution in [-0.4, -0.2) is 18.3 Å².